The van der Waals surface area contributed by atoms with E-state index in [1.165, 1.54) is 58.5 Å². The Hall–Kier alpha value is -13.7. The molecule has 15 atom stereocenters. The molecule has 0 unspecified atom stereocenters. The van der Waals surface area contributed by atoms with Gasteiger partial charge in [0.15, 0.2) is 11.6 Å². The van der Waals surface area contributed by atoms with Crippen LogP contribution in [0.3, 0.4) is 0 Å². The highest BCUT2D eigenvalue weighted by Crippen LogP contribution is 2.30. The Morgan fingerprint density at radius 3 is 1.80 bits per heavy atom. The smallest absolute Gasteiger partial charge is 0.323 e. The zero-order valence-electron chi connectivity index (χ0n) is 77.5. The van der Waals surface area contributed by atoms with Crippen molar-refractivity contribution in [2.24, 2.45) is 23.1 Å². The Bertz CT molecular complexity index is 5360. The number of nitrogens with one attached hydrogen (secondary N) is 10. The number of fused-ring (bicyclic) bond motifs is 4. The number of para-hydroxylation sites is 2. The number of thioether (sulfide) groups is 1. The summed E-state index contributed by atoms with van der Waals surface area (Å²) in [6, 6.07) is -1.38. The van der Waals surface area contributed by atoms with Crippen LogP contribution in [0.2, 0.25) is 0 Å². The number of rotatable bonds is 28. The molecule has 0 saturated carbocycles. The Balaban J connectivity index is 1.11. The number of carboxylic acids is 1. The number of benzene rings is 3. The number of aromatic amines is 2. The lowest BCUT2D eigenvalue weighted by Gasteiger charge is -2.36. The quantitative estimate of drug-likeness (QED) is 0.0236. The Morgan fingerprint density at radius 1 is 0.555 bits per heavy atom. The molecule has 44 nitrogen and oxygen atoms in total. The van der Waals surface area contributed by atoms with E-state index < -0.39 is 298 Å². The number of amides is 16. The number of likely N-dealkylation sites (N-methyl/N-ethyl adjacent to an activating group) is 3. The SMILES string of the molecule is CCCC[C@H]1C(=O)N(C)[C@@H](CCCC)C(=O)N[C@@H](CO)C(=O)N[C@H](C(=O)CCC(N)=O)CSCC(=O)N[C@@H](Cc2ccc(OC)cc2)C(=O)N(C)[C@@H](C)C(=O)N[C@@H](CC(N)=O)C(=O)N2CCC[C@H]2C(=O)N[C@@H](Cc2c[nH]cn2)C(=O)N[C@@H](CCC(N)=O)C(=O)N2C[C@H](O)C[C@H]2C(=O)N[C@@H](Cc2c[nH]c3ccccc23)C(=O)C[C@@H](CO)C(=O)N[C@@H](Cc2cn(CC(=O)O)c3ccccc23)C(=O)N1C. The van der Waals surface area contributed by atoms with Crippen molar-refractivity contribution in [2.45, 2.75) is 234 Å². The van der Waals surface area contributed by atoms with Crippen molar-refractivity contribution in [1.82, 2.24) is 86.6 Å². The molecule has 6 aromatic rings. The number of carbonyl (C=O) groups excluding carboxylic acids is 18. The van der Waals surface area contributed by atoms with E-state index in [0.717, 1.165) is 36.3 Å². The summed E-state index contributed by atoms with van der Waals surface area (Å²) in [6.07, 6.45) is -0.262. The van der Waals surface area contributed by atoms with E-state index in [-0.39, 0.29) is 63.6 Å². The lowest BCUT2D eigenvalue weighted by atomic mass is 9.93. The van der Waals surface area contributed by atoms with Crippen molar-refractivity contribution in [2.75, 3.05) is 66.1 Å². The van der Waals surface area contributed by atoms with Crippen molar-refractivity contribution in [1.29, 1.82) is 0 Å². The van der Waals surface area contributed by atoms with Crippen molar-refractivity contribution in [3.05, 3.63) is 120 Å². The molecule has 0 spiro atoms. The van der Waals surface area contributed by atoms with Crippen LogP contribution >= 0.6 is 11.8 Å². The molecule has 3 aromatic heterocycles. The minimum atomic E-state index is -1.87. The maximum Gasteiger partial charge on any atom is 0.323 e. The van der Waals surface area contributed by atoms with Gasteiger partial charge in [-0.15, -0.1) is 11.8 Å². The van der Waals surface area contributed by atoms with Gasteiger partial charge in [-0.3, -0.25) is 91.1 Å². The number of aromatic nitrogens is 4. The molecule has 3 aromatic carbocycles. The van der Waals surface area contributed by atoms with Gasteiger partial charge in [-0.25, -0.2) is 4.98 Å². The number of unbranched alkanes of at least 4 members (excludes halogenated alkanes) is 2. The molecule has 16 amide bonds. The van der Waals surface area contributed by atoms with Gasteiger partial charge >= 0.3 is 5.97 Å². The highest BCUT2D eigenvalue weighted by molar-refractivity contribution is 8.00. The van der Waals surface area contributed by atoms with Crippen molar-refractivity contribution >= 4 is 146 Å². The predicted octanol–water partition coefficient (Wildman–Crippen LogP) is -2.80. The van der Waals surface area contributed by atoms with Crippen molar-refractivity contribution in [3.63, 3.8) is 0 Å². The van der Waals surface area contributed by atoms with Gasteiger partial charge in [0.25, 0.3) is 0 Å². The first-order chi connectivity index (χ1) is 65.3. The summed E-state index contributed by atoms with van der Waals surface area (Å²) in [6.45, 7) is 1.35. The summed E-state index contributed by atoms with van der Waals surface area (Å²) < 4.78 is 6.73. The zero-order chi connectivity index (χ0) is 100. The van der Waals surface area contributed by atoms with Crippen LogP contribution in [0, 0.1) is 5.92 Å². The third-order valence-electron chi connectivity index (χ3n) is 24.8. The number of carboxylic acid groups (broad SMARTS) is 1. The molecule has 9 rings (SSSR count). The van der Waals surface area contributed by atoms with Gasteiger partial charge in [-0.05, 0) is 80.0 Å². The maximum atomic E-state index is 15.8. The van der Waals surface area contributed by atoms with Crippen LogP contribution in [0.5, 0.6) is 5.75 Å². The van der Waals surface area contributed by atoms with Crippen molar-refractivity contribution in [3.8, 4) is 5.75 Å². The van der Waals surface area contributed by atoms with Gasteiger partial charge in [-0.1, -0.05) is 88.1 Å². The van der Waals surface area contributed by atoms with Gasteiger partial charge in [0, 0.05) is 138 Å². The number of Topliss-reactive ketones (excluding diaryl/α,β-unsaturated/α-hetero) is 2. The second kappa shape index (κ2) is 50.8. The molecule has 0 bridgehead atoms. The number of carbonyl (C=O) groups is 19. The molecule has 3 fully saturated rings. The van der Waals surface area contributed by atoms with Gasteiger partial charge < -0.3 is 124 Å². The minimum Gasteiger partial charge on any atom is -0.497 e. The van der Waals surface area contributed by atoms with Gasteiger partial charge in [0.2, 0.25) is 94.5 Å². The number of ether oxygens (including phenoxy) is 1. The Kier molecular flexibility index (Phi) is 39.6. The van der Waals surface area contributed by atoms with Crippen LogP contribution in [-0.4, -0.2) is 327 Å². The highest BCUT2D eigenvalue weighted by atomic mass is 32.2. The summed E-state index contributed by atoms with van der Waals surface area (Å²) in [5.74, 6) is -21.2. The van der Waals surface area contributed by atoms with E-state index in [2.05, 4.69) is 57.5 Å². The molecule has 3 saturated heterocycles. The fourth-order valence-electron chi connectivity index (χ4n) is 17.0. The third kappa shape index (κ3) is 29.2. The monoisotopic (exact) mass is 1920 g/mol. The van der Waals surface area contributed by atoms with Crippen LogP contribution in [0.1, 0.15) is 139 Å². The van der Waals surface area contributed by atoms with E-state index in [4.69, 9.17) is 21.9 Å². The molecule has 45 heteroatoms. The fraction of sp³-hybridized carbons (Fsp3) is 0.522. The first kappa shape index (κ1) is 107. The van der Waals surface area contributed by atoms with Crippen LogP contribution < -0.4 is 64.5 Å². The maximum absolute atomic E-state index is 15.8. The predicted molar refractivity (Wildman–Crippen MR) is 495 cm³/mol. The summed E-state index contributed by atoms with van der Waals surface area (Å²) in [7, 11) is 5.19. The van der Waals surface area contributed by atoms with Gasteiger partial charge in [0.05, 0.1) is 68.6 Å². The molecular formula is C92H124N20O24S. The van der Waals surface area contributed by atoms with Crippen LogP contribution in [-0.2, 0) is 123 Å². The number of aliphatic carboxylic acids is 1. The molecule has 742 valence electrons. The lowest BCUT2D eigenvalue weighted by molar-refractivity contribution is -0.149. The number of imidazole rings is 1. The summed E-state index contributed by atoms with van der Waals surface area (Å²) in [5.41, 5.74) is 19.2. The average Bonchev–Trinajstić information content (AvgIpc) is 1.63. The highest BCUT2D eigenvalue weighted by Gasteiger charge is 2.47. The number of aliphatic hydroxyl groups excluding tert-OH is 3. The molecule has 137 heavy (non-hydrogen) atoms. The molecule has 3 aliphatic rings. The summed E-state index contributed by atoms with van der Waals surface area (Å²) in [4.78, 5) is 290. The Morgan fingerprint density at radius 2 is 1.15 bits per heavy atom. The number of nitrogens with zero attached hydrogens (tertiary/aromatic N) is 7. The number of hydrogen-bond acceptors (Lipinski definition) is 25. The number of H-pyrrole nitrogens is 2. The number of aliphatic hydroxyl groups is 3. The second-order valence-electron chi connectivity index (χ2n) is 34.6. The minimum absolute atomic E-state index is 0.0693. The number of methoxy groups -OCH3 is 1. The van der Waals surface area contributed by atoms with E-state index >= 15 is 33.6 Å². The third-order valence-corrected chi connectivity index (χ3v) is 25.8. The largest absolute Gasteiger partial charge is 0.497 e. The van der Waals surface area contributed by atoms with E-state index in [1.807, 2.05) is 0 Å². The lowest BCUT2D eigenvalue weighted by Crippen LogP contribution is -2.60. The average molecular weight is 1930 g/mol. The number of hydrogen-bond donors (Lipinski definition) is 17. The molecule has 0 aliphatic carbocycles. The first-order valence-corrected chi connectivity index (χ1v) is 46.6. The Labute approximate surface area is 793 Å². The first-order valence-electron chi connectivity index (χ1n) is 45.4. The van der Waals surface area contributed by atoms with Crippen LogP contribution in [0.4, 0.5) is 0 Å². The van der Waals surface area contributed by atoms with Gasteiger partial charge in [0.1, 0.15) is 78.8 Å². The zero-order valence-corrected chi connectivity index (χ0v) is 78.3. The van der Waals surface area contributed by atoms with Crippen LogP contribution in [0.25, 0.3) is 21.8 Å². The molecule has 20 N–H and O–H groups in total. The second-order valence-corrected chi connectivity index (χ2v) is 35.6. The molecule has 6 heterocycles. The number of primary amides is 3. The summed E-state index contributed by atoms with van der Waals surface area (Å²) >= 11 is 0.761. The number of ketones is 2. The molecular weight excluding hydrogens is 1800 g/mol. The van der Waals surface area contributed by atoms with E-state index in [9.17, 15) is 78.0 Å². The number of nitrogens with two attached hydrogens (primary N) is 3. The van der Waals surface area contributed by atoms with Crippen LogP contribution in [0.15, 0.2) is 97.7 Å². The van der Waals surface area contributed by atoms with E-state index in [1.54, 1.807) is 92.8 Å². The fourth-order valence-corrected chi connectivity index (χ4v) is 17.9. The van der Waals surface area contributed by atoms with Gasteiger partial charge in [-0.2, -0.15) is 0 Å². The topological polar surface area (TPSA) is 654 Å². The normalized spacial score (nSPS) is 24.6. The standard InChI is InChI=1S/C92H124N20O24S/c1-8-10-20-70-85(128)105-67(46-114)84(127)106-68(74(116)29-31-77(94)119)47-137-48-79(121)99-64(33-51-24-26-57(136-7)27-25-51)88(131)107(4)50(3)81(124)103-66(39-78(95)120)91(134)111-32-16-23-71(111)86(129)102-63(37-55-41-96-49-98-55)83(126)100-61(28-30-76(93)118)90(133)112-43-56(115)38-73(112)87(130)101-62(34-52-40-97-60-19-14-12-17-58(52)60)75(117)36-54(45-113)82(125)104-65(89(132)109(6)72(21-11-9-2)92(135)108(70)5)35-53-42-110(44-80(122)123)69-22-15-13-18-59(53)69/h12-15,17-19,22,24-27,40-42,49-50,54,56,61-68,70-73,97,113-115H,8-11,16,20-21,23,28-39,43-48H2,1-7H3,(H2,93,118)(H2,94,119)(H2,95,120)(H,96,98)(H,99,121)(H,100,126)(H,101,130)(H,102,129)(H,103,124)(H,104,125)(H,105,128)(H,106,127)(H,122,123)/t50-,54-,56+,61-,62-,63-,64-,65-,66-,67-,68-,70-,71-,72-,73-/m0/s1. The molecule has 0 radical (unpaired) electrons. The van der Waals surface area contributed by atoms with Crippen molar-refractivity contribution < 1.29 is 116 Å². The summed E-state index contributed by atoms with van der Waals surface area (Å²) in [5, 5.41) is 65.6. The molecule has 3 aliphatic heterocycles. The van der Waals surface area contributed by atoms with E-state index in [0.29, 0.717) is 57.1 Å².